The SMILES string of the molecule is Cc1nn(-c2cccc(S(=O)(=O)CCO)c2)c(N)c1N=Nc1nc2cc(SOOO)ccc2s1. The van der Waals surface area contributed by atoms with Crippen molar-refractivity contribution in [2.75, 3.05) is 18.1 Å². The van der Waals surface area contributed by atoms with Crippen LogP contribution in [0.25, 0.3) is 15.9 Å². The van der Waals surface area contributed by atoms with Crippen LogP contribution in [-0.2, 0) is 19.2 Å². The summed E-state index contributed by atoms with van der Waals surface area (Å²) in [5.74, 6) is -0.201. The van der Waals surface area contributed by atoms with Crippen molar-refractivity contribution in [3.8, 4) is 5.69 Å². The zero-order valence-electron chi connectivity index (χ0n) is 17.5. The number of aromatic nitrogens is 3. The molecule has 0 unspecified atom stereocenters. The van der Waals surface area contributed by atoms with E-state index in [2.05, 4.69) is 29.7 Å². The number of hydrogen-bond acceptors (Lipinski definition) is 13. The Labute approximate surface area is 201 Å². The van der Waals surface area contributed by atoms with Gasteiger partial charge in [-0.25, -0.2) is 23.3 Å². The molecule has 0 aliphatic heterocycles. The number of nitrogen functional groups attached to an aromatic ring is 1. The number of hydrogen-bond donors (Lipinski definition) is 3. The van der Waals surface area contributed by atoms with E-state index >= 15 is 0 Å². The van der Waals surface area contributed by atoms with E-state index in [0.717, 1.165) is 16.7 Å². The van der Waals surface area contributed by atoms with E-state index in [9.17, 15) is 8.42 Å². The van der Waals surface area contributed by atoms with E-state index in [-0.39, 0.29) is 16.5 Å². The molecule has 4 aromatic rings. The number of aryl methyl sites for hydroxylation is 1. The van der Waals surface area contributed by atoms with E-state index in [0.29, 0.717) is 32.6 Å². The van der Waals surface area contributed by atoms with Gasteiger partial charge in [-0.3, -0.25) is 0 Å². The first-order valence-corrected chi connectivity index (χ1v) is 12.8. The molecule has 0 saturated heterocycles. The van der Waals surface area contributed by atoms with Gasteiger partial charge in [0.15, 0.2) is 21.3 Å². The van der Waals surface area contributed by atoms with Gasteiger partial charge in [-0.1, -0.05) is 22.4 Å². The molecule has 34 heavy (non-hydrogen) atoms. The third-order valence-electron chi connectivity index (χ3n) is 4.59. The Balaban J connectivity index is 1.62. The van der Waals surface area contributed by atoms with Crippen LogP contribution >= 0.6 is 23.4 Å². The summed E-state index contributed by atoms with van der Waals surface area (Å²) in [7, 11) is -3.63. The lowest BCUT2D eigenvalue weighted by Gasteiger charge is -2.07. The molecule has 0 spiro atoms. The first-order chi connectivity index (χ1) is 16.3. The summed E-state index contributed by atoms with van der Waals surface area (Å²) < 4.78 is 31.3. The molecule has 2 aromatic heterocycles. The number of sulfone groups is 1. The van der Waals surface area contributed by atoms with Gasteiger partial charge in [-0.05, 0) is 43.3 Å². The molecule has 0 bridgehead atoms. The zero-order chi connectivity index (χ0) is 24.3. The molecular formula is C19H18N6O6S3. The number of thiazole rings is 1. The minimum absolute atomic E-state index is 0.0535. The number of fused-ring (bicyclic) bond motifs is 1. The summed E-state index contributed by atoms with van der Waals surface area (Å²) >= 11 is 2.14. The molecule has 2 aromatic carbocycles. The van der Waals surface area contributed by atoms with Crippen molar-refractivity contribution in [1.82, 2.24) is 14.8 Å². The third kappa shape index (κ3) is 5.10. The molecule has 4 N–H and O–H groups in total. The number of rotatable bonds is 9. The molecular weight excluding hydrogens is 504 g/mol. The normalized spacial score (nSPS) is 12.2. The number of aliphatic hydroxyl groups is 1. The summed E-state index contributed by atoms with van der Waals surface area (Å²) in [5.41, 5.74) is 8.16. The first-order valence-electron chi connectivity index (χ1n) is 9.58. The predicted molar refractivity (Wildman–Crippen MR) is 126 cm³/mol. The zero-order valence-corrected chi connectivity index (χ0v) is 20.0. The van der Waals surface area contributed by atoms with Gasteiger partial charge < -0.3 is 10.8 Å². The fourth-order valence-corrected chi connectivity index (χ4v) is 5.26. The lowest BCUT2D eigenvalue weighted by molar-refractivity contribution is -0.432. The quantitative estimate of drug-likeness (QED) is 0.126. The van der Waals surface area contributed by atoms with Crippen molar-refractivity contribution in [2.24, 2.45) is 10.2 Å². The number of nitrogens with two attached hydrogens (primary N) is 1. The van der Waals surface area contributed by atoms with Crippen molar-refractivity contribution < 1.29 is 28.2 Å². The third-order valence-corrected chi connectivity index (χ3v) is 7.78. The van der Waals surface area contributed by atoms with Gasteiger partial charge in [-0.15, -0.1) is 14.6 Å². The molecule has 0 amide bonds. The second-order valence-corrected chi connectivity index (χ2v) is 10.7. The highest BCUT2D eigenvalue weighted by molar-refractivity contribution is 7.94. The Kier molecular flexibility index (Phi) is 7.22. The molecule has 0 saturated carbocycles. The average molecular weight is 523 g/mol. The molecule has 12 nitrogen and oxygen atoms in total. The van der Waals surface area contributed by atoms with Gasteiger partial charge >= 0.3 is 0 Å². The van der Waals surface area contributed by atoms with E-state index in [1.54, 1.807) is 31.2 Å². The predicted octanol–water partition coefficient (Wildman–Crippen LogP) is 3.98. The van der Waals surface area contributed by atoms with Crippen LogP contribution in [-0.4, -0.2) is 45.9 Å². The fraction of sp³-hybridized carbons (Fsp3) is 0.158. The van der Waals surface area contributed by atoms with E-state index in [1.807, 2.05) is 6.07 Å². The highest BCUT2D eigenvalue weighted by Crippen LogP contribution is 2.35. The summed E-state index contributed by atoms with van der Waals surface area (Å²) in [5, 5.41) is 34.1. The van der Waals surface area contributed by atoms with Gasteiger partial charge in [0.25, 0.3) is 0 Å². The topological polar surface area (TPSA) is 175 Å². The van der Waals surface area contributed by atoms with Crippen LogP contribution in [0.4, 0.5) is 16.6 Å². The molecule has 2 heterocycles. The van der Waals surface area contributed by atoms with Crippen LogP contribution in [0.5, 0.6) is 0 Å². The number of anilines is 1. The lowest BCUT2D eigenvalue weighted by Crippen LogP contribution is -2.11. The van der Waals surface area contributed by atoms with Crippen LogP contribution in [0.1, 0.15) is 5.69 Å². The molecule has 178 valence electrons. The second kappa shape index (κ2) is 10.1. The molecule has 4 rings (SSSR count). The van der Waals surface area contributed by atoms with Gasteiger partial charge in [0.2, 0.25) is 5.13 Å². The lowest BCUT2D eigenvalue weighted by atomic mass is 10.3. The van der Waals surface area contributed by atoms with Crippen LogP contribution in [0.15, 0.2) is 62.5 Å². The Morgan fingerprint density at radius 1 is 1.24 bits per heavy atom. The Morgan fingerprint density at radius 2 is 2.06 bits per heavy atom. The summed E-state index contributed by atoms with van der Waals surface area (Å²) in [4.78, 5) is 5.13. The minimum Gasteiger partial charge on any atom is -0.395 e. The summed E-state index contributed by atoms with van der Waals surface area (Å²) in [6, 6.07) is 11.4. The number of benzene rings is 2. The summed E-state index contributed by atoms with van der Waals surface area (Å²) in [6.07, 6.45) is 0. The van der Waals surface area contributed by atoms with Crippen LogP contribution < -0.4 is 5.73 Å². The van der Waals surface area contributed by atoms with E-state index < -0.39 is 16.4 Å². The van der Waals surface area contributed by atoms with E-state index in [4.69, 9.17) is 16.1 Å². The molecule has 0 fully saturated rings. The maximum Gasteiger partial charge on any atom is 0.231 e. The second-order valence-electron chi connectivity index (χ2n) is 6.82. The molecule has 0 radical (unpaired) electrons. The van der Waals surface area contributed by atoms with E-state index in [1.165, 1.54) is 28.2 Å². The Bertz CT molecular complexity index is 1470. The highest BCUT2D eigenvalue weighted by Gasteiger charge is 2.18. The highest BCUT2D eigenvalue weighted by atomic mass is 32.2. The monoisotopic (exact) mass is 522 g/mol. The van der Waals surface area contributed by atoms with Crippen LogP contribution in [0.3, 0.4) is 0 Å². The average Bonchev–Trinajstić information content (AvgIpc) is 3.35. The fourth-order valence-electron chi connectivity index (χ4n) is 3.04. The molecule has 0 aliphatic rings. The first kappa shape index (κ1) is 24.2. The maximum absolute atomic E-state index is 12.3. The number of nitrogens with zero attached hydrogens (tertiary/aromatic N) is 5. The van der Waals surface area contributed by atoms with Crippen LogP contribution in [0, 0.1) is 6.92 Å². The van der Waals surface area contributed by atoms with Crippen molar-refractivity contribution >= 4 is 60.1 Å². The van der Waals surface area contributed by atoms with Gasteiger partial charge in [-0.2, -0.15) is 5.10 Å². The van der Waals surface area contributed by atoms with Crippen molar-refractivity contribution in [3.63, 3.8) is 0 Å². The summed E-state index contributed by atoms with van der Waals surface area (Å²) in [6.45, 7) is 1.23. The van der Waals surface area contributed by atoms with Gasteiger partial charge in [0.1, 0.15) is 0 Å². The van der Waals surface area contributed by atoms with Gasteiger partial charge in [0, 0.05) is 4.90 Å². The maximum atomic E-state index is 12.3. The number of azo groups is 1. The minimum atomic E-state index is -3.63. The number of aliphatic hydroxyl groups excluding tert-OH is 1. The molecule has 0 aliphatic carbocycles. The Morgan fingerprint density at radius 3 is 2.82 bits per heavy atom. The van der Waals surface area contributed by atoms with Crippen molar-refractivity contribution in [2.45, 2.75) is 16.7 Å². The largest absolute Gasteiger partial charge is 0.395 e. The smallest absolute Gasteiger partial charge is 0.231 e. The van der Waals surface area contributed by atoms with Crippen molar-refractivity contribution in [1.29, 1.82) is 0 Å². The Hall–Kier alpha value is -2.92. The van der Waals surface area contributed by atoms with Crippen molar-refractivity contribution in [3.05, 3.63) is 48.2 Å². The molecule has 15 heteroatoms. The van der Waals surface area contributed by atoms with Gasteiger partial charge in [0.05, 0.1) is 50.9 Å². The standard InChI is InChI=1S/C19H18N6O6S3/c1-11-17(22-23-19-21-15-10-13(33-31-30-27)5-6-16(15)32-19)18(20)25(24-11)12-3-2-4-14(9-12)34(28,29)8-7-26/h2-6,9-10,26-27H,7-8,20H2,1H3. The van der Waals surface area contributed by atoms with Crippen LogP contribution in [0.2, 0.25) is 0 Å². The molecule has 0 atom stereocenters.